The number of rotatable bonds is 8. The minimum absolute atomic E-state index is 0.0478. The van der Waals surface area contributed by atoms with Gasteiger partial charge in [-0.15, -0.1) is 0 Å². The second-order valence-corrected chi connectivity index (χ2v) is 10.8. The summed E-state index contributed by atoms with van der Waals surface area (Å²) >= 11 is 0. The van der Waals surface area contributed by atoms with Gasteiger partial charge in [0, 0.05) is 31.4 Å². The zero-order chi connectivity index (χ0) is 33.7. The molecule has 1 heterocycles. The summed E-state index contributed by atoms with van der Waals surface area (Å²) in [6.45, 7) is 3.83. The first kappa shape index (κ1) is 36.2. The molecule has 244 valence electrons. The summed E-state index contributed by atoms with van der Waals surface area (Å²) in [5, 5.41) is 36.6. The lowest BCUT2D eigenvalue weighted by atomic mass is 9.80. The van der Waals surface area contributed by atoms with Crippen LogP contribution < -0.4 is 16.2 Å². The fraction of sp³-hybridized carbons (Fsp3) is 0.387. The number of aliphatic carboxylic acids is 4. The molecule has 45 heavy (non-hydrogen) atoms. The van der Waals surface area contributed by atoms with Crippen LogP contribution in [0.2, 0.25) is 0 Å². The third kappa shape index (κ3) is 10.3. The highest BCUT2D eigenvalue weighted by Crippen LogP contribution is 2.31. The predicted octanol–water partition coefficient (Wildman–Crippen LogP) is 2.89. The summed E-state index contributed by atoms with van der Waals surface area (Å²) in [6.07, 6.45) is 6.55. The van der Waals surface area contributed by atoms with Gasteiger partial charge in [-0.25, -0.2) is 23.9 Å². The number of carboxylic acid groups (broad SMARTS) is 4. The highest BCUT2D eigenvalue weighted by molar-refractivity contribution is 6.27. The van der Waals surface area contributed by atoms with Crippen LogP contribution in [0.25, 0.3) is 5.69 Å². The lowest BCUT2D eigenvalue weighted by Crippen LogP contribution is -2.52. The molecule has 1 aliphatic carbocycles. The van der Waals surface area contributed by atoms with E-state index in [1.807, 2.05) is 49.0 Å². The van der Waals surface area contributed by atoms with Gasteiger partial charge in [0.05, 0.1) is 11.4 Å². The van der Waals surface area contributed by atoms with Gasteiger partial charge in [-0.1, -0.05) is 49.6 Å². The lowest BCUT2D eigenvalue weighted by Gasteiger charge is -2.43. The molecule has 0 aliphatic heterocycles. The highest BCUT2D eigenvalue weighted by atomic mass is 16.4. The van der Waals surface area contributed by atoms with E-state index in [0.717, 1.165) is 30.2 Å². The zero-order valence-electron chi connectivity index (χ0n) is 25.8. The topological polar surface area (TPSA) is 203 Å². The third-order valence-corrected chi connectivity index (χ3v) is 7.66. The molecule has 1 fully saturated rings. The van der Waals surface area contributed by atoms with Gasteiger partial charge in [0.25, 0.3) is 5.56 Å². The number of aromatic nitrogens is 2. The van der Waals surface area contributed by atoms with E-state index in [2.05, 4.69) is 53.9 Å². The Hall–Kier alpha value is -4.95. The SMILES string of the molecule is Cc1c(Nc2ccc(CNCC3(N(C)C)CCCCC3)cc2)c(=O)n(-c2ccccc2)n1C.O=C(O)C(=O)O.O=C(O)C(=O)O. The van der Waals surface area contributed by atoms with E-state index in [9.17, 15) is 4.79 Å². The standard InChI is InChI=1S/C27H37N5O.2C2H2O4/c1-21-25(26(33)32(31(21)4)24-11-7-5-8-12-24)29-23-15-13-22(14-16-23)19-28-20-27(30(2)3)17-9-6-10-18-27;2*3-1(4)2(5)6/h5,7-8,11-16,28-29H,6,9-10,17-20H2,1-4H3;2*(H,3,4)(H,5,6). The summed E-state index contributed by atoms with van der Waals surface area (Å²) in [7, 11) is 6.34. The molecule has 0 atom stereocenters. The Balaban J connectivity index is 0.000000499. The van der Waals surface area contributed by atoms with Crippen LogP contribution in [-0.4, -0.2) is 84.7 Å². The largest absolute Gasteiger partial charge is 0.473 e. The first-order valence-electron chi connectivity index (χ1n) is 14.2. The van der Waals surface area contributed by atoms with Crippen molar-refractivity contribution < 1.29 is 39.6 Å². The number of benzene rings is 2. The third-order valence-electron chi connectivity index (χ3n) is 7.66. The molecule has 1 saturated carbocycles. The number of hydrogen-bond donors (Lipinski definition) is 6. The summed E-state index contributed by atoms with van der Waals surface area (Å²) in [5.74, 6) is -7.30. The van der Waals surface area contributed by atoms with Gasteiger partial charge in [-0.2, -0.15) is 0 Å². The van der Waals surface area contributed by atoms with Gasteiger partial charge in [-0.05, 0) is 63.7 Å². The number of nitrogens with one attached hydrogen (secondary N) is 2. The van der Waals surface area contributed by atoms with Crippen molar-refractivity contribution in [1.82, 2.24) is 19.6 Å². The molecule has 0 saturated heterocycles. The number of nitrogens with zero attached hydrogens (tertiary/aromatic N) is 3. The average molecular weight is 628 g/mol. The second kappa shape index (κ2) is 16.8. The molecular formula is C31H41N5O9. The Morgan fingerprint density at radius 3 is 1.80 bits per heavy atom. The number of carbonyl (C=O) groups is 4. The molecule has 2 aromatic carbocycles. The van der Waals surface area contributed by atoms with E-state index in [4.69, 9.17) is 39.6 Å². The Morgan fingerprint density at radius 2 is 1.33 bits per heavy atom. The molecule has 0 spiro atoms. The average Bonchev–Trinajstić information content (AvgIpc) is 3.22. The Kier molecular flexibility index (Phi) is 13.5. The Bertz CT molecular complexity index is 1460. The van der Waals surface area contributed by atoms with Crippen molar-refractivity contribution in [3.05, 3.63) is 76.2 Å². The van der Waals surface area contributed by atoms with Crippen LogP contribution in [0, 0.1) is 6.92 Å². The maximum absolute atomic E-state index is 13.1. The minimum atomic E-state index is -1.82. The van der Waals surface area contributed by atoms with Crippen LogP contribution in [-0.2, 0) is 32.8 Å². The number of likely N-dealkylation sites (N-methyl/N-ethyl adjacent to an activating group) is 1. The number of carboxylic acids is 4. The van der Waals surface area contributed by atoms with E-state index < -0.39 is 23.9 Å². The predicted molar refractivity (Wildman–Crippen MR) is 167 cm³/mol. The van der Waals surface area contributed by atoms with Gasteiger partial charge in [0.15, 0.2) is 0 Å². The monoisotopic (exact) mass is 627 g/mol. The molecule has 0 amide bonds. The summed E-state index contributed by atoms with van der Waals surface area (Å²) in [5.41, 5.74) is 4.76. The lowest BCUT2D eigenvalue weighted by molar-refractivity contribution is -0.159. The maximum atomic E-state index is 13.1. The molecule has 14 heteroatoms. The summed E-state index contributed by atoms with van der Waals surface area (Å²) in [6, 6.07) is 18.1. The van der Waals surface area contributed by atoms with Crippen LogP contribution in [0.4, 0.5) is 11.4 Å². The normalized spacial score (nSPS) is 13.4. The smallest absolute Gasteiger partial charge is 0.414 e. The van der Waals surface area contributed by atoms with Gasteiger partial charge >= 0.3 is 23.9 Å². The van der Waals surface area contributed by atoms with Gasteiger partial charge in [-0.3, -0.25) is 9.48 Å². The van der Waals surface area contributed by atoms with Gasteiger partial charge in [0.1, 0.15) is 5.69 Å². The fourth-order valence-electron chi connectivity index (χ4n) is 4.99. The molecule has 1 aromatic heterocycles. The van der Waals surface area contributed by atoms with Crippen LogP contribution in [0.1, 0.15) is 43.4 Å². The molecule has 0 bridgehead atoms. The van der Waals surface area contributed by atoms with Crippen LogP contribution in [0.5, 0.6) is 0 Å². The quantitative estimate of drug-likeness (QED) is 0.200. The van der Waals surface area contributed by atoms with Crippen molar-refractivity contribution in [3.8, 4) is 5.69 Å². The number of anilines is 2. The van der Waals surface area contributed by atoms with E-state index in [1.165, 1.54) is 37.7 Å². The summed E-state index contributed by atoms with van der Waals surface area (Å²) < 4.78 is 3.59. The summed E-state index contributed by atoms with van der Waals surface area (Å²) in [4.78, 5) is 51.9. The number of para-hydroxylation sites is 1. The van der Waals surface area contributed by atoms with Gasteiger partial charge in [0.2, 0.25) is 0 Å². The zero-order valence-corrected chi connectivity index (χ0v) is 25.8. The molecule has 14 nitrogen and oxygen atoms in total. The fourth-order valence-corrected chi connectivity index (χ4v) is 4.99. The van der Waals surface area contributed by atoms with Crippen molar-refractivity contribution >= 4 is 35.3 Å². The minimum Gasteiger partial charge on any atom is -0.473 e. The van der Waals surface area contributed by atoms with Crippen molar-refractivity contribution in [1.29, 1.82) is 0 Å². The van der Waals surface area contributed by atoms with Crippen molar-refractivity contribution in [2.45, 2.75) is 51.1 Å². The first-order valence-corrected chi connectivity index (χ1v) is 14.2. The maximum Gasteiger partial charge on any atom is 0.414 e. The molecule has 3 aromatic rings. The van der Waals surface area contributed by atoms with Crippen LogP contribution >= 0.6 is 0 Å². The Morgan fingerprint density at radius 1 is 0.822 bits per heavy atom. The van der Waals surface area contributed by atoms with E-state index in [0.29, 0.717) is 5.69 Å². The van der Waals surface area contributed by atoms with E-state index in [-0.39, 0.29) is 11.1 Å². The number of hydrogen-bond acceptors (Lipinski definition) is 8. The highest BCUT2D eigenvalue weighted by Gasteiger charge is 2.33. The van der Waals surface area contributed by atoms with Gasteiger partial charge < -0.3 is 36.0 Å². The molecule has 4 rings (SSSR count). The molecule has 0 unspecified atom stereocenters. The van der Waals surface area contributed by atoms with Crippen molar-refractivity contribution in [2.75, 3.05) is 26.0 Å². The van der Waals surface area contributed by atoms with Crippen LogP contribution in [0.3, 0.4) is 0 Å². The molecule has 1 aliphatic rings. The van der Waals surface area contributed by atoms with Crippen molar-refractivity contribution in [3.63, 3.8) is 0 Å². The molecule has 6 N–H and O–H groups in total. The van der Waals surface area contributed by atoms with E-state index in [1.54, 1.807) is 4.68 Å². The molecule has 0 radical (unpaired) electrons. The first-order chi connectivity index (χ1) is 21.2. The molecular weight excluding hydrogens is 586 g/mol. The Labute approximate surface area is 260 Å². The van der Waals surface area contributed by atoms with Crippen molar-refractivity contribution in [2.24, 2.45) is 7.05 Å². The van der Waals surface area contributed by atoms with Crippen LogP contribution in [0.15, 0.2) is 59.4 Å². The second-order valence-electron chi connectivity index (χ2n) is 10.8. The van der Waals surface area contributed by atoms with E-state index >= 15 is 0 Å².